The molecule has 3 aromatic rings. The van der Waals surface area contributed by atoms with Crippen molar-refractivity contribution in [3.8, 4) is 11.3 Å². The molecule has 0 aliphatic carbocycles. The van der Waals surface area contributed by atoms with E-state index in [2.05, 4.69) is 21.7 Å². The van der Waals surface area contributed by atoms with Gasteiger partial charge >= 0.3 is 0 Å². The normalized spacial score (nSPS) is 10.6. The number of rotatable bonds is 5. The van der Waals surface area contributed by atoms with Gasteiger partial charge < -0.3 is 10.6 Å². The fourth-order valence-corrected chi connectivity index (χ4v) is 4.03. The lowest BCUT2D eigenvalue weighted by Gasteiger charge is -2.05. The van der Waals surface area contributed by atoms with Gasteiger partial charge in [0, 0.05) is 26.3 Å². The smallest absolute Gasteiger partial charge is 0.251 e. The number of aryl methyl sites for hydroxylation is 2. The molecule has 2 amide bonds. The van der Waals surface area contributed by atoms with Crippen LogP contribution in [-0.4, -0.2) is 23.3 Å². The summed E-state index contributed by atoms with van der Waals surface area (Å²) in [7, 11) is 0. The van der Waals surface area contributed by atoms with E-state index in [1.807, 2.05) is 19.2 Å². The lowest BCUT2D eigenvalue weighted by atomic mass is 10.2. The molecule has 0 saturated carbocycles. The summed E-state index contributed by atoms with van der Waals surface area (Å²) >= 11 is 3.03. The number of halogens is 1. The number of hydrogen-bond acceptors (Lipinski definition) is 5. The molecule has 0 atom stereocenters. The van der Waals surface area contributed by atoms with Crippen molar-refractivity contribution in [1.82, 2.24) is 10.3 Å². The van der Waals surface area contributed by atoms with Crippen LogP contribution in [0.5, 0.6) is 0 Å². The summed E-state index contributed by atoms with van der Waals surface area (Å²) < 4.78 is 12.9. The molecule has 8 heteroatoms. The minimum atomic E-state index is -0.440. The van der Waals surface area contributed by atoms with E-state index < -0.39 is 11.7 Å². The molecule has 5 nitrogen and oxygen atoms in total. The van der Waals surface area contributed by atoms with E-state index in [1.165, 1.54) is 45.4 Å². The monoisotopic (exact) mass is 389 g/mol. The van der Waals surface area contributed by atoms with Gasteiger partial charge in [0.15, 0.2) is 5.13 Å². The molecular weight excluding hydrogens is 373 g/mol. The van der Waals surface area contributed by atoms with E-state index in [9.17, 15) is 14.0 Å². The number of benzene rings is 1. The second-order valence-corrected chi connectivity index (χ2v) is 7.92. The van der Waals surface area contributed by atoms with Crippen LogP contribution in [-0.2, 0) is 4.79 Å². The number of carbonyl (C=O) groups is 2. The first kappa shape index (κ1) is 18.2. The van der Waals surface area contributed by atoms with Gasteiger partial charge in [-0.15, -0.1) is 22.7 Å². The number of anilines is 1. The Morgan fingerprint density at radius 1 is 1.19 bits per heavy atom. The van der Waals surface area contributed by atoms with Gasteiger partial charge in [-0.25, -0.2) is 9.37 Å². The first-order valence-corrected chi connectivity index (χ1v) is 9.48. The molecule has 26 heavy (non-hydrogen) atoms. The van der Waals surface area contributed by atoms with Crippen molar-refractivity contribution in [1.29, 1.82) is 0 Å². The van der Waals surface area contributed by atoms with Crippen LogP contribution in [0.4, 0.5) is 9.52 Å². The number of amides is 2. The van der Waals surface area contributed by atoms with Crippen LogP contribution < -0.4 is 10.6 Å². The highest BCUT2D eigenvalue weighted by atomic mass is 32.1. The van der Waals surface area contributed by atoms with E-state index in [1.54, 1.807) is 11.3 Å². The van der Waals surface area contributed by atoms with Crippen molar-refractivity contribution < 1.29 is 14.0 Å². The SMILES string of the molecule is Cc1cc(-c2csc(NC(=O)CNC(=O)c3ccc(F)cc3)n2)c(C)s1. The Bertz CT molecular complexity index is 948. The minimum absolute atomic E-state index is 0.193. The molecule has 0 aliphatic heterocycles. The van der Waals surface area contributed by atoms with E-state index in [4.69, 9.17) is 0 Å². The summed E-state index contributed by atoms with van der Waals surface area (Å²) in [4.78, 5) is 30.7. The van der Waals surface area contributed by atoms with Crippen LogP contribution >= 0.6 is 22.7 Å². The molecule has 2 N–H and O–H groups in total. The van der Waals surface area contributed by atoms with Crippen LogP contribution in [0, 0.1) is 19.7 Å². The van der Waals surface area contributed by atoms with Gasteiger partial charge in [0.1, 0.15) is 5.82 Å². The Balaban J connectivity index is 1.56. The summed E-state index contributed by atoms with van der Waals surface area (Å²) in [5, 5.41) is 7.53. The Morgan fingerprint density at radius 2 is 1.92 bits per heavy atom. The molecule has 0 unspecified atom stereocenters. The van der Waals surface area contributed by atoms with E-state index in [0.29, 0.717) is 10.7 Å². The van der Waals surface area contributed by atoms with E-state index in [0.717, 1.165) is 11.3 Å². The third-order valence-electron chi connectivity index (χ3n) is 3.58. The van der Waals surface area contributed by atoms with Crippen molar-refractivity contribution in [3.63, 3.8) is 0 Å². The zero-order valence-corrected chi connectivity index (χ0v) is 15.8. The van der Waals surface area contributed by atoms with Gasteiger partial charge in [-0.3, -0.25) is 9.59 Å². The number of aromatic nitrogens is 1. The molecule has 3 rings (SSSR count). The van der Waals surface area contributed by atoms with Crippen LogP contribution in [0.15, 0.2) is 35.7 Å². The zero-order chi connectivity index (χ0) is 18.7. The van der Waals surface area contributed by atoms with Crippen molar-refractivity contribution >= 4 is 39.6 Å². The third kappa shape index (κ3) is 4.33. The lowest BCUT2D eigenvalue weighted by Crippen LogP contribution is -2.32. The number of carbonyl (C=O) groups excluding carboxylic acids is 2. The molecule has 2 aromatic heterocycles. The molecule has 0 saturated heterocycles. The van der Waals surface area contributed by atoms with E-state index >= 15 is 0 Å². The second-order valence-electron chi connectivity index (χ2n) is 5.60. The largest absolute Gasteiger partial charge is 0.343 e. The second kappa shape index (κ2) is 7.76. The van der Waals surface area contributed by atoms with Crippen LogP contribution in [0.1, 0.15) is 20.1 Å². The van der Waals surface area contributed by atoms with Crippen LogP contribution in [0.25, 0.3) is 11.3 Å². The molecule has 2 heterocycles. The predicted octanol–water partition coefficient (Wildman–Crippen LogP) is 4.00. The summed E-state index contributed by atoms with van der Waals surface area (Å²) in [5.74, 6) is -1.24. The van der Waals surface area contributed by atoms with Gasteiger partial charge in [0.05, 0.1) is 12.2 Å². The summed E-state index contributed by atoms with van der Waals surface area (Å²) in [6.45, 7) is 3.89. The molecule has 134 valence electrons. The molecule has 0 radical (unpaired) electrons. The highest BCUT2D eigenvalue weighted by molar-refractivity contribution is 7.14. The lowest BCUT2D eigenvalue weighted by molar-refractivity contribution is -0.115. The molecule has 0 fully saturated rings. The molecule has 0 aliphatic rings. The van der Waals surface area contributed by atoms with Crippen LogP contribution in [0.2, 0.25) is 0 Å². The zero-order valence-electron chi connectivity index (χ0n) is 14.1. The first-order valence-electron chi connectivity index (χ1n) is 7.79. The topological polar surface area (TPSA) is 71.1 Å². The molecule has 1 aromatic carbocycles. The van der Waals surface area contributed by atoms with Gasteiger partial charge in [0.2, 0.25) is 5.91 Å². The number of nitrogens with one attached hydrogen (secondary N) is 2. The summed E-state index contributed by atoms with van der Waals surface area (Å²) in [6, 6.07) is 7.19. The number of nitrogens with zero attached hydrogens (tertiary/aromatic N) is 1. The Kier molecular flexibility index (Phi) is 5.43. The average molecular weight is 389 g/mol. The Hall–Kier alpha value is -2.58. The van der Waals surface area contributed by atoms with Crippen molar-refractivity contribution in [2.45, 2.75) is 13.8 Å². The molecular formula is C18H16FN3O2S2. The third-order valence-corrected chi connectivity index (χ3v) is 5.31. The van der Waals surface area contributed by atoms with Gasteiger partial charge in [-0.2, -0.15) is 0 Å². The first-order chi connectivity index (χ1) is 12.4. The molecule has 0 spiro atoms. The van der Waals surface area contributed by atoms with E-state index in [-0.39, 0.29) is 12.5 Å². The maximum atomic E-state index is 12.9. The quantitative estimate of drug-likeness (QED) is 0.693. The fraction of sp³-hybridized carbons (Fsp3) is 0.167. The maximum absolute atomic E-state index is 12.9. The maximum Gasteiger partial charge on any atom is 0.251 e. The number of thiophene rings is 1. The van der Waals surface area contributed by atoms with Crippen molar-refractivity contribution in [2.75, 3.05) is 11.9 Å². The minimum Gasteiger partial charge on any atom is -0.343 e. The summed E-state index contributed by atoms with van der Waals surface area (Å²) in [6.07, 6.45) is 0. The predicted molar refractivity (Wildman–Crippen MR) is 102 cm³/mol. The average Bonchev–Trinajstić information content (AvgIpc) is 3.19. The number of thiazole rings is 1. The highest BCUT2D eigenvalue weighted by Gasteiger charge is 2.13. The number of hydrogen-bond donors (Lipinski definition) is 2. The summed E-state index contributed by atoms with van der Waals surface area (Å²) in [5.41, 5.74) is 2.18. The van der Waals surface area contributed by atoms with Crippen molar-refractivity contribution in [3.05, 3.63) is 56.8 Å². The standard InChI is InChI=1S/C18H16FN3O2S2/c1-10-7-14(11(2)26-10)15-9-25-18(21-15)22-16(23)8-20-17(24)12-3-5-13(19)6-4-12/h3-7,9H,8H2,1-2H3,(H,20,24)(H,21,22,23). The van der Waals surface area contributed by atoms with Gasteiger partial charge in [-0.05, 0) is 44.2 Å². The van der Waals surface area contributed by atoms with Crippen LogP contribution in [0.3, 0.4) is 0 Å². The van der Waals surface area contributed by atoms with Gasteiger partial charge in [0.25, 0.3) is 5.91 Å². The molecule has 0 bridgehead atoms. The van der Waals surface area contributed by atoms with Crippen molar-refractivity contribution in [2.24, 2.45) is 0 Å². The highest BCUT2D eigenvalue weighted by Crippen LogP contribution is 2.32. The Labute approximate surface area is 157 Å². The Morgan fingerprint density at radius 3 is 2.58 bits per heavy atom. The van der Waals surface area contributed by atoms with Gasteiger partial charge in [-0.1, -0.05) is 0 Å². The fourth-order valence-electron chi connectivity index (χ4n) is 2.37.